The molecule has 0 saturated heterocycles. The molecule has 0 aliphatic carbocycles. The summed E-state index contributed by atoms with van der Waals surface area (Å²) in [4.78, 5) is 0. The van der Waals surface area contributed by atoms with Crippen molar-refractivity contribution in [2.45, 2.75) is 19.1 Å². The molecule has 88 valence electrons. The molecule has 0 heterocycles. The zero-order valence-corrected chi connectivity index (χ0v) is 10.3. The maximum Gasteiger partial charge on any atom is 0.155 e. The Morgan fingerprint density at radius 1 is 1.44 bits per heavy atom. The van der Waals surface area contributed by atoms with Gasteiger partial charge in [0.2, 0.25) is 0 Å². The van der Waals surface area contributed by atoms with Gasteiger partial charge in [-0.1, -0.05) is 35.0 Å². The van der Waals surface area contributed by atoms with Crippen LogP contribution in [0.3, 0.4) is 0 Å². The first-order valence-electron chi connectivity index (χ1n) is 4.84. The van der Waals surface area contributed by atoms with Crippen LogP contribution in [0.5, 0.6) is 0 Å². The van der Waals surface area contributed by atoms with E-state index in [1.54, 1.807) is 18.2 Å². The predicted molar refractivity (Wildman–Crippen MR) is 63.8 cm³/mol. The second-order valence-corrected chi connectivity index (χ2v) is 6.19. The van der Waals surface area contributed by atoms with Crippen LogP contribution < -0.4 is 0 Å². The van der Waals surface area contributed by atoms with E-state index in [2.05, 4.69) is 5.16 Å². The van der Waals surface area contributed by atoms with E-state index in [-0.39, 0.29) is 5.71 Å². The number of hydrogen-bond donors (Lipinski definition) is 1. The van der Waals surface area contributed by atoms with Gasteiger partial charge in [-0.3, -0.25) is 0 Å². The Hall–Kier alpha value is -1.36. The summed E-state index contributed by atoms with van der Waals surface area (Å²) < 4.78 is 22.8. The normalized spacial score (nSPS) is 14.8. The molecule has 0 amide bonds. The first-order valence-corrected chi connectivity index (χ1v) is 6.79. The van der Waals surface area contributed by atoms with Crippen LogP contribution in [-0.2, 0) is 9.84 Å². The van der Waals surface area contributed by atoms with Crippen molar-refractivity contribution in [3.05, 3.63) is 35.4 Å². The lowest BCUT2D eigenvalue weighted by atomic mass is 10.1. The van der Waals surface area contributed by atoms with Crippen molar-refractivity contribution in [2.24, 2.45) is 5.16 Å². The van der Waals surface area contributed by atoms with Crippen molar-refractivity contribution in [3.63, 3.8) is 0 Å². The Morgan fingerprint density at radius 3 is 2.50 bits per heavy atom. The lowest BCUT2D eigenvalue weighted by Gasteiger charge is -2.11. The Labute approximate surface area is 95.5 Å². The fraction of sp³-hybridized carbons (Fsp3) is 0.364. The predicted octanol–water partition coefficient (Wildman–Crippen LogP) is 1.61. The summed E-state index contributed by atoms with van der Waals surface area (Å²) in [5.41, 5.74) is 1.78. The Morgan fingerprint density at radius 2 is 2.06 bits per heavy atom. The van der Waals surface area contributed by atoms with Gasteiger partial charge in [-0.2, -0.15) is 0 Å². The molecule has 16 heavy (non-hydrogen) atoms. The molecule has 1 aromatic carbocycles. The molecule has 0 unspecified atom stereocenters. The number of hydrogen-bond acceptors (Lipinski definition) is 4. The van der Waals surface area contributed by atoms with E-state index < -0.39 is 15.1 Å². The summed E-state index contributed by atoms with van der Waals surface area (Å²) in [6.45, 7) is 3.40. The summed E-state index contributed by atoms with van der Waals surface area (Å²) in [6, 6.07) is 7.20. The van der Waals surface area contributed by atoms with E-state index in [4.69, 9.17) is 5.21 Å². The van der Waals surface area contributed by atoms with Gasteiger partial charge in [0.1, 0.15) is 11.0 Å². The topological polar surface area (TPSA) is 66.7 Å². The quantitative estimate of drug-likeness (QED) is 0.496. The zero-order valence-electron chi connectivity index (χ0n) is 9.51. The van der Waals surface area contributed by atoms with Crippen LogP contribution in [0, 0.1) is 6.92 Å². The highest BCUT2D eigenvalue weighted by Gasteiger charge is 2.23. The second-order valence-electron chi connectivity index (χ2n) is 3.83. The maximum absolute atomic E-state index is 11.4. The standard InChI is InChI=1S/C11H15NO3S/c1-8-5-4-6-10(7-8)11(12-13)9(2)16(3,14)15/h4-7,9,13H,1-3H3/b12-11+/t9-/m1/s1. The van der Waals surface area contributed by atoms with Gasteiger partial charge in [-0.05, 0) is 13.8 Å². The van der Waals surface area contributed by atoms with Crippen molar-refractivity contribution in [1.29, 1.82) is 0 Å². The van der Waals surface area contributed by atoms with E-state index in [0.717, 1.165) is 11.8 Å². The van der Waals surface area contributed by atoms with E-state index in [1.807, 2.05) is 13.0 Å². The lowest BCUT2D eigenvalue weighted by molar-refractivity contribution is 0.318. The van der Waals surface area contributed by atoms with Crippen molar-refractivity contribution >= 4 is 15.5 Å². The van der Waals surface area contributed by atoms with Crippen molar-refractivity contribution in [3.8, 4) is 0 Å². The summed E-state index contributed by atoms with van der Waals surface area (Å²) in [5, 5.41) is 11.2. The fourth-order valence-electron chi connectivity index (χ4n) is 1.38. The number of rotatable bonds is 3. The number of sulfone groups is 1. The molecule has 0 bridgehead atoms. The highest BCUT2D eigenvalue weighted by molar-refractivity contribution is 7.92. The van der Waals surface area contributed by atoms with Gasteiger partial charge >= 0.3 is 0 Å². The van der Waals surface area contributed by atoms with Crippen LogP contribution in [-0.4, -0.2) is 30.8 Å². The molecule has 0 aliphatic heterocycles. The van der Waals surface area contributed by atoms with Crippen LogP contribution in [0.25, 0.3) is 0 Å². The summed E-state index contributed by atoms with van der Waals surface area (Å²) in [5.74, 6) is 0. The molecule has 1 atom stereocenters. The maximum atomic E-state index is 11.4. The Balaban J connectivity index is 3.20. The first-order chi connectivity index (χ1) is 7.36. The molecular weight excluding hydrogens is 226 g/mol. The molecule has 0 fully saturated rings. The third-order valence-corrected chi connectivity index (χ3v) is 3.96. The van der Waals surface area contributed by atoms with Gasteiger partial charge < -0.3 is 5.21 Å². The molecule has 5 heteroatoms. The largest absolute Gasteiger partial charge is 0.411 e. The molecule has 0 aliphatic rings. The summed E-state index contributed by atoms with van der Waals surface area (Å²) >= 11 is 0. The van der Waals surface area contributed by atoms with E-state index in [9.17, 15) is 8.42 Å². The molecule has 1 N–H and O–H groups in total. The molecule has 0 radical (unpaired) electrons. The zero-order chi connectivity index (χ0) is 12.3. The number of aryl methyl sites for hydroxylation is 1. The highest BCUT2D eigenvalue weighted by atomic mass is 32.2. The van der Waals surface area contributed by atoms with Crippen LogP contribution in [0.15, 0.2) is 29.4 Å². The van der Waals surface area contributed by atoms with Gasteiger partial charge in [0, 0.05) is 11.8 Å². The molecule has 0 spiro atoms. The first kappa shape index (κ1) is 12.7. The summed E-state index contributed by atoms with van der Waals surface area (Å²) in [6.07, 6.45) is 1.12. The Kier molecular flexibility index (Phi) is 3.70. The average molecular weight is 241 g/mol. The molecule has 4 nitrogen and oxygen atoms in total. The highest BCUT2D eigenvalue weighted by Crippen LogP contribution is 2.12. The van der Waals surface area contributed by atoms with Gasteiger partial charge in [-0.15, -0.1) is 0 Å². The average Bonchev–Trinajstić information content (AvgIpc) is 2.17. The van der Waals surface area contributed by atoms with Crippen LogP contribution in [0.2, 0.25) is 0 Å². The Bertz CT molecular complexity index is 506. The number of nitrogens with zero attached hydrogens (tertiary/aromatic N) is 1. The molecule has 1 rings (SSSR count). The minimum absolute atomic E-state index is 0.172. The van der Waals surface area contributed by atoms with Crippen LogP contribution in [0.4, 0.5) is 0 Å². The number of benzene rings is 1. The smallest absolute Gasteiger partial charge is 0.155 e. The molecule has 1 aromatic rings. The third-order valence-electron chi connectivity index (χ3n) is 2.45. The van der Waals surface area contributed by atoms with E-state index in [0.29, 0.717) is 5.56 Å². The van der Waals surface area contributed by atoms with Crippen molar-refractivity contribution in [1.82, 2.24) is 0 Å². The van der Waals surface area contributed by atoms with E-state index >= 15 is 0 Å². The molecule has 0 aromatic heterocycles. The minimum atomic E-state index is -3.27. The van der Waals surface area contributed by atoms with Crippen molar-refractivity contribution < 1.29 is 13.6 Å². The number of oxime groups is 1. The van der Waals surface area contributed by atoms with Crippen LogP contribution >= 0.6 is 0 Å². The minimum Gasteiger partial charge on any atom is -0.411 e. The SMILES string of the molecule is Cc1cccc(/C(=N/O)[C@@H](C)S(C)(=O)=O)c1. The van der Waals surface area contributed by atoms with Gasteiger partial charge in [0.15, 0.2) is 9.84 Å². The van der Waals surface area contributed by atoms with Crippen LogP contribution in [0.1, 0.15) is 18.1 Å². The van der Waals surface area contributed by atoms with Gasteiger partial charge in [0.25, 0.3) is 0 Å². The molecule has 0 saturated carbocycles. The third kappa shape index (κ3) is 2.82. The van der Waals surface area contributed by atoms with E-state index in [1.165, 1.54) is 6.92 Å². The second kappa shape index (κ2) is 4.65. The van der Waals surface area contributed by atoms with Gasteiger partial charge in [-0.25, -0.2) is 8.42 Å². The van der Waals surface area contributed by atoms with Crippen molar-refractivity contribution in [2.75, 3.05) is 6.26 Å². The lowest BCUT2D eigenvalue weighted by Crippen LogP contribution is -2.27. The molecular formula is C11H15NO3S. The van der Waals surface area contributed by atoms with Gasteiger partial charge in [0.05, 0.1) is 0 Å². The summed E-state index contributed by atoms with van der Waals surface area (Å²) in [7, 11) is -3.27. The fourth-order valence-corrected chi connectivity index (χ4v) is 1.97. The monoisotopic (exact) mass is 241 g/mol.